The van der Waals surface area contributed by atoms with Gasteiger partial charge in [-0.25, -0.2) is 0 Å². The molecule has 120 valence electrons. The maximum Gasteiger partial charge on any atom is 0.225 e. The first-order valence-corrected chi connectivity index (χ1v) is 7.39. The third kappa shape index (κ3) is 6.08. The summed E-state index contributed by atoms with van der Waals surface area (Å²) in [5.41, 5.74) is 0.752. The van der Waals surface area contributed by atoms with E-state index in [2.05, 4.69) is 10.6 Å². The molecule has 5 nitrogen and oxygen atoms in total. The number of amides is 2. The van der Waals surface area contributed by atoms with Gasteiger partial charge in [0.05, 0.1) is 0 Å². The first-order valence-electron chi connectivity index (χ1n) is 7.39. The lowest BCUT2D eigenvalue weighted by Crippen LogP contribution is -2.35. The second-order valence-corrected chi connectivity index (χ2v) is 6.29. The van der Waals surface area contributed by atoms with Crippen molar-refractivity contribution >= 4 is 23.3 Å². The summed E-state index contributed by atoms with van der Waals surface area (Å²) in [6.45, 7) is 7.49. The molecule has 0 radical (unpaired) electrons. The van der Waals surface area contributed by atoms with Gasteiger partial charge < -0.3 is 10.6 Å². The van der Waals surface area contributed by atoms with Crippen LogP contribution in [0.15, 0.2) is 24.3 Å². The van der Waals surface area contributed by atoms with E-state index >= 15 is 0 Å². The molecule has 1 rings (SSSR count). The molecule has 0 aliphatic heterocycles. The number of benzene rings is 1. The van der Waals surface area contributed by atoms with Crippen molar-refractivity contribution in [2.75, 3.05) is 11.9 Å². The van der Waals surface area contributed by atoms with Gasteiger partial charge >= 0.3 is 0 Å². The number of hydrogen-bond acceptors (Lipinski definition) is 3. The van der Waals surface area contributed by atoms with Crippen molar-refractivity contribution in [2.45, 2.75) is 40.5 Å². The second-order valence-electron chi connectivity index (χ2n) is 6.29. The SMILES string of the molecule is CC(=O)c1cccc(NC(=O)CCCNC(=O)C(C)(C)C)c1. The Hall–Kier alpha value is -2.17. The molecule has 0 aliphatic rings. The fraction of sp³-hybridized carbons (Fsp3) is 0.471. The van der Waals surface area contributed by atoms with Crippen LogP contribution < -0.4 is 10.6 Å². The number of ketones is 1. The summed E-state index contributed by atoms with van der Waals surface area (Å²) < 4.78 is 0. The van der Waals surface area contributed by atoms with E-state index in [1.807, 2.05) is 20.8 Å². The van der Waals surface area contributed by atoms with E-state index in [0.29, 0.717) is 30.6 Å². The molecule has 1 aromatic carbocycles. The number of carbonyl (C=O) groups excluding carboxylic acids is 3. The summed E-state index contributed by atoms with van der Waals surface area (Å²) in [7, 11) is 0. The second kappa shape index (κ2) is 7.73. The van der Waals surface area contributed by atoms with Gasteiger partial charge in [0, 0.05) is 29.6 Å². The summed E-state index contributed by atoms with van der Waals surface area (Å²) in [6, 6.07) is 6.84. The van der Waals surface area contributed by atoms with Crippen molar-refractivity contribution in [3.05, 3.63) is 29.8 Å². The van der Waals surface area contributed by atoms with E-state index in [-0.39, 0.29) is 17.6 Å². The molecule has 0 atom stereocenters. The fourth-order valence-corrected chi connectivity index (χ4v) is 1.76. The average Bonchev–Trinajstić information content (AvgIpc) is 2.42. The zero-order chi connectivity index (χ0) is 16.8. The maximum absolute atomic E-state index is 11.8. The van der Waals surface area contributed by atoms with Crippen LogP contribution in [0.2, 0.25) is 0 Å². The number of hydrogen-bond donors (Lipinski definition) is 2. The lowest BCUT2D eigenvalue weighted by molar-refractivity contribution is -0.128. The maximum atomic E-state index is 11.8. The van der Waals surface area contributed by atoms with Gasteiger partial charge in [0.25, 0.3) is 0 Å². The van der Waals surface area contributed by atoms with Crippen LogP contribution in [0.3, 0.4) is 0 Å². The molecule has 0 aliphatic carbocycles. The Morgan fingerprint density at radius 2 is 1.82 bits per heavy atom. The minimum absolute atomic E-state index is 0.0259. The molecule has 5 heteroatoms. The molecule has 0 heterocycles. The van der Waals surface area contributed by atoms with Gasteiger partial charge in [-0.1, -0.05) is 32.9 Å². The standard InChI is InChI=1S/C17H24N2O3/c1-12(20)13-7-5-8-14(11-13)19-15(21)9-6-10-18-16(22)17(2,3)4/h5,7-8,11H,6,9-10H2,1-4H3,(H,18,22)(H,19,21). The zero-order valence-electron chi connectivity index (χ0n) is 13.7. The normalized spacial score (nSPS) is 10.9. The molecule has 2 amide bonds. The molecular weight excluding hydrogens is 280 g/mol. The van der Waals surface area contributed by atoms with Gasteiger partial charge in [-0.3, -0.25) is 14.4 Å². The highest BCUT2D eigenvalue weighted by Gasteiger charge is 2.20. The number of carbonyl (C=O) groups is 3. The highest BCUT2D eigenvalue weighted by Crippen LogP contribution is 2.13. The van der Waals surface area contributed by atoms with Crippen LogP contribution in [0, 0.1) is 5.41 Å². The van der Waals surface area contributed by atoms with Crippen LogP contribution in [0.4, 0.5) is 5.69 Å². The molecule has 0 fully saturated rings. The quantitative estimate of drug-likeness (QED) is 0.627. The van der Waals surface area contributed by atoms with E-state index in [4.69, 9.17) is 0 Å². The topological polar surface area (TPSA) is 75.3 Å². The third-order valence-corrected chi connectivity index (χ3v) is 3.10. The van der Waals surface area contributed by atoms with E-state index < -0.39 is 5.41 Å². The average molecular weight is 304 g/mol. The Bertz CT molecular complexity index is 559. The predicted molar refractivity (Wildman–Crippen MR) is 86.8 cm³/mol. The molecule has 0 unspecified atom stereocenters. The van der Waals surface area contributed by atoms with E-state index in [0.717, 1.165) is 0 Å². The summed E-state index contributed by atoms with van der Waals surface area (Å²) in [5, 5.41) is 5.55. The van der Waals surface area contributed by atoms with Crippen LogP contribution in [-0.4, -0.2) is 24.1 Å². The van der Waals surface area contributed by atoms with Crippen molar-refractivity contribution in [1.82, 2.24) is 5.32 Å². The molecule has 0 saturated carbocycles. The van der Waals surface area contributed by atoms with Gasteiger partial charge in [-0.15, -0.1) is 0 Å². The molecular formula is C17H24N2O3. The lowest BCUT2D eigenvalue weighted by atomic mass is 9.96. The smallest absolute Gasteiger partial charge is 0.225 e. The van der Waals surface area contributed by atoms with Crippen molar-refractivity contribution in [1.29, 1.82) is 0 Å². The highest BCUT2D eigenvalue weighted by molar-refractivity contribution is 5.97. The molecule has 0 saturated heterocycles. The summed E-state index contributed by atoms with van der Waals surface area (Å²) in [6.07, 6.45) is 0.884. The molecule has 0 aromatic heterocycles. The van der Waals surface area contributed by atoms with Crippen molar-refractivity contribution in [3.8, 4) is 0 Å². The van der Waals surface area contributed by atoms with Gasteiger partial charge in [0.1, 0.15) is 0 Å². The van der Waals surface area contributed by atoms with Crippen LogP contribution in [0.1, 0.15) is 50.9 Å². The number of nitrogens with one attached hydrogen (secondary N) is 2. The van der Waals surface area contributed by atoms with E-state index in [9.17, 15) is 14.4 Å². The van der Waals surface area contributed by atoms with Crippen LogP contribution in [0.25, 0.3) is 0 Å². The Morgan fingerprint density at radius 1 is 1.14 bits per heavy atom. The number of anilines is 1. The van der Waals surface area contributed by atoms with Crippen LogP contribution in [-0.2, 0) is 9.59 Å². The first kappa shape index (κ1) is 17.9. The Morgan fingerprint density at radius 3 is 2.41 bits per heavy atom. The predicted octanol–water partition coefficient (Wildman–Crippen LogP) is 2.77. The monoisotopic (exact) mass is 304 g/mol. The Kier molecular flexibility index (Phi) is 6.28. The number of Topliss-reactive ketones (excluding diaryl/α,β-unsaturated/α-hetero) is 1. The Balaban J connectivity index is 2.37. The van der Waals surface area contributed by atoms with Crippen LogP contribution in [0.5, 0.6) is 0 Å². The van der Waals surface area contributed by atoms with Gasteiger partial charge in [0.2, 0.25) is 11.8 Å². The van der Waals surface area contributed by atoms with E-state index in [1.54, 1.807) is 24.3 Å². The lowest BCUT2D eigenvalue weighted by Gasteiger charge is -2.17. The minimum Gasteiger partial charge on any atom is -0.356 e. The van der Waals surface area contributed by atoms with Gasteiger partial charge in [-0.2, -0.15) is 0 Å². The molecule has 2 N–H and O–H groups in total. The molecule has 0 spiro atoms. The van der Waals surface area contributed by atoms with Gasteiger partial charge in [0.15, 0.2) is 5.78 Å². The highest BCUT2D eigenvalue weighted by atomic mass is 16.2. The Labute approximate surface area is 131 Å². The number of rotatable bonds is 6. The van der Waals surface area contributed by atoms with Crippen molar-refractivity contribution in [2.24, 2.45) is 5.41 Å². The van der Waals surface area contributed by atoms with Crippen molar-refractivity contribution in [3.63, 3.8) is 0 Å². The third-order valence-electron chi connectivity index (χ3n) is 3.10. The van der Waals surface area contributed by atoms with Gasteiger partial charge in [-0.05, 0) is 25.5 Å². The first-order chi connectivity index (χ1) is 10.2. The largest absolute Gasteiger partial charge is 0.356 e. The molecule has 0 bridgehead atoms. The van der Waals surface area contributed by atoms with Crippen molar-refractivity contribution < 1.29 is 14.4 Å². The minimum atomic E-state index is -0.421. The zero-order valence-corrected chi connectivity index (χ0v) is 13.7. The fourth-order valence-electron chi connectivity index (χ4n) is 1.76. The summed E-state index contributed by atoms with van der Waals surface area (Å²) >= 11 is 0. The van der Waals surface area contributed by atoms with E-state index in [1.165, 1.54) is 6.92 Å². The molecule has 22 heavy (non-hydrogen) atoms. The molecule has 1 aromatic rings. The summed E-state index contributed by atoms with van der Waals surface area (Å²) in [4.78, 5) is 34.8. The summed E-state index contributed by atoms with van der Waals surface area (Å²) in [5.74, 6) is -0.200. The van der Waals surface area contributed by atoms with Crippen LogP contribution >= 0.6 is 0 Å².